The molecule has 0 fully saturated rings. The summed E-state index contributed by atoms with van der Waals surface area (Å²) in [6, 6.07) is 2.48. The molecule has 0 spiro atoms. The molecule has 1 aromatic heterocycles. The van der Waals surface area contributed by atoms with Crippen LogP contribution >= 0.6 is 0 Å². The molecule has 1 aromatic rings. The number of pyridine rings is 1. The van der Waals surface area contributed by atoms with Crippen molar-refractivity contribution in [3.63, 3.8) is 0 Å². The summed E-state index contributed by atoms with van der Waals surface area (Å²) in [6.07, 6.45) is -3.43. The van der Waals surface area contributed by atoms with Gasteiger partial charge in [-0.3, -0.25) is 4.98 Å². The standard InChI is InChI=1S/C10H12F3N/c1-9(2,3)8-5-4-7(6-14-8)10(11,12)13/h4-6H,1-3H3. The van der Waals surface area contributed by atoms with Gasteiger partial charge in [0.2, 0.25) is 0 Å². The van der Waals surface area contributed by atoms with E-state index in [0.29, 0.717) is 5.69 Å². The predicted molar refractivity (Wildman–Crippen MR) is 47.9 cm³/mol. The molecule has 0 saturated heterocycles. The smallest absolute Gasteiger partial charge is 0.260 e. The first kappa shape index (κ1) is 11.0. The van der Waals surface area contributed by atoms with Gasteiger partial charge in [-0.15, -0.1) is 0 Å². The number of nitrogens with zero attached hydrogens (tertiary/aromatic N) is 1. The van der Waals surface area contributed by atoms with Crippen LogP contribution in [0.25, 0.3) is 0 Å². The van der Waals surface area contributed by atoms with E-state index in [9.17, 15) is 13.2 Å². The van der Waals surface area contributed by atoms with Crippen molar-refractivity contribution in [3.05, 3.63) is 29.6 Å². The van der Waals surface area contributed by atoms with Crippen molar-refractivity contribution in [2.45, 2.75) is 32.4 Å². The average Bonchev–Trinajstić information content (AvgIpc) is 2.01. The number of halogens is 3. The first-order chi connectivity index (χ1) is 6.21. The van der Waals surface area contributed by atoms with Gasteiger partial charge >= 0.3 is 6.18 Å². The van der Waals surface area contributed by atoms with Gasteiger partial charge in [0.05, 0.1) is 5.56 Å². The highest BCUT2D eigenvalue weighted by molar-refractivity contribution is 5.20. The molecule has 0 atom stereocenters. The van der Waals surface area contributed by atoms with Crippen molar-refractivity contribution in [3.8, 4) is 0 Å². The Kier molecular flexibility index (Phi) is 2.56. The molecule has 0 saturated carbocycles. The van der Waals surface area contributed by atoms with Crippen molar-refractivity contribution in [2.75, 3.05) is 0 Å². The van der Waals surface area contributed by atoms with Crippen LogP contribution in [0.3, 0.4) is 0 Å². The average molecular weight is 203 g/mol. The normalized spacial score (nSPS) is 13.0. The van der Waals surface area contributed by atoms with Gasteiger partial charge in [0, 0.05) is 17.3 Å². The number of rotatable bonds is 0. The van der Waals surface area contributed by atoms with Crippen LogP contribution in [0.1, 0.15) is 32.0 Å². The fourth-order valence-electron chi connectivity index (χ4n) is 1.01. The highest BCUT2D eigenvalue weighted by atomic mass is 19.4. The van der Waals surface area contributed by atoms with E-state index in [4.69, 9.17) is 0 Å². The minimum absolute atomic E-state index is 0.218. The molecule has 0 radical (unpaired) electrons. The lowest BCUT2D eigenvalue weighted by Crippen LogP contribution is -2.14. The second-order valence-electron chi connectivity index (χ2n) is 4.18. The summed E-state index contributed by atoms with van der Waals surface area (Å²) in [5.74, 6) is 0. The van der Waals surface area contributed by atoms with Crippen LogP contribution in [-0.2, 0) is 11.6 Å². The summed E-state index contributed by atoms with van der Waals surface area (Å²) in [4.78, 5) is 3.80. The largest absolute Gasteiger partial charge is 0.417 e. The molecule has 0 N–H and O–H groups in total. The molecule has 0 unspecified atom stereocenters. The molecule has 14 heavy (non-hydrogen) atoms. The summed E-state index contributed by atoms with van der Waals surface area (Å²) in [7, 11) is 0. The molecular weight excluding hydrogens is 191 g/mol. The molecule has 0 aliphatic heterocycles. The van der Waals surface area contributed by atoms with Crippen LogP contribution in [0.4, 0.5) is 13.2 Å². The van der Waals surface area contributed by atoms with Crippen molar-refractivity contribution in [1.82, 2.24) is 4.98 Å². The van der Waals surface area contributed by atoms with Gasteiger partial charge in [-0.25, -0.2) is 0 Å². The van der Waals surface area contributed by atoms with E-state index in [2.05, 4.69) is 4.98 Å². The Morgan fingerprint density at radius 3 is 1.93 bits per heavy atom. The predicted octanol–water partition coefficient (Wildman–Crippen LogP) is 3.40. The maximum Gasteiger partial charge on any atom is 0.417 e. The molecule has 0 aliphatic carbocycles. The van der Waals surface area contributed by atoms with E-state index in [1.807, 2.05) is 20.8 Å². The number of aromatic nitrogens is 1. The third kappa shape index (κ3) is 2.47. The van der Waals surface area contributed by atoms with Crippen molar-refractivity contribution in [1.29, 1.82) is 0 Å². The van der Waals surface area contributed by atoms with Crippen LogP contribution in [-0.4, -0.2) is 4.98 Å². The fourth-order valence-corrected chi connectivity index (χ4v) is 1.01. The molecule has 0 amide bonds. The van der Waals surface area contributed by atoms with Crippen LogP contribution in [0, 0.1) is 0 Å². The van der Waals surface area contributed by atoms with Gasteiger partial charge < -0.3 is 0 Å². The lowest BCUT2D eigenvalue weighted by Gasteiger charge is -2.17. The fraction of sp³-hybridized carbons (Fsp3) is 0.500. The Hall–Kier alpha value is -1.06. The van der Waals surface area contributed by atoms with Gasteiger partial charge in [0.1, 0.15) is 0 Å². The third-order valence-corrected chi connectivity index (χ3v) is 1.86. The van der Waals surface area contributed by atoms with Gasteiger partial charge in [0.25, 0.3) is 0 Å². The first-order valence-electron chi connectivity index (χ1n) is 4.25. The maximum absolute atomic E-state index is 12.2. The number of alkyl halides is 3. The summed E-state index contributed by atoms with van der Waals surface area (Å²) in [6.45, 7) is 5.72. The summed E-state index contributed by atoms with van der Waals surface area (Å²) in [5.41, 5.74) is -0.263. The van der Waals surface area contributed by atoms with Gasteiger partial charge in [-0.2, -0.15) is 13.2 Å². The van der Waals surface area contributed by atoms with E-state index in [0.717, 1.165) is 12.3 Å². The number of hydrogen-bond donors (Lipinski definition) is 0. The number of hydrogen-bond acceptors (Lipinski definition) is 1. The van der Waals surface area contributed by atoms with E-state index >= 15 is 0 Å². The highest BCUT2D eigenvalue weighted by Crippen LogP contribution is 2.29. The zero-order chi connectivity index (χ0) is 11.0. The van der Waals surface area contributed by atoms with Crippen LogP contribution in [0.5, 0.6) is 0 Å². The van der Waals surface area contributed by atoms with Gasteiger partial charge in [-0.05, 0) is 12.1 Å². The van der Waals surface area contributed by atoms with Crippen LogP contribution in [0.2, 0.25) is 0 Å². The molecular formula is C10H12F3N. The Morgan fingerprint density at radius 1 is 1.07 bits per heavy atom. The quantitative estimate of drug-likeness (QED) is 0.629. The molecule has 1 nitrogen and oxygen atoms in total. The molecule has 1 heterocycles. The molecule has 78 valence electrons. The van der Waals surface area contributed by atoms with E-state index in [1.165, 1.54) is 6.07 Å². The van der Waals surface area contributed by atoms with Gasteiger partial charge in [0.15, 0.2) is 0 Å². The van der Waals surface area contributed by atoms with Crippen LogP contribution < -0.4 is 0 Å². The van der Waals surface area contributed by atoms with Gasteiger partial charge in [-0.1, -0.05) is 20.8 Å². The van der Waals surface area contributed by atoms with Crippen molar-refractivity contribution >= 4 is 0 Å². The lowest BCUT2D eigenvalue weighted by molar-refractivity contribution is -0.137. The molecule has 4 heteroatoms. The first-order valence-corrected chi connectivity index (χ1v) is 4.25. The Bertz CT molecular complexity index is 273. The molecule has 0 aliphatic rings. The van der Waals surface area contributed by atoms with E-state index in [-0.39, 0.29) is 5.41 Å². The Balaban J connectivity index is 3.02. The molecule has 0 bridgehead atoms. The van der Waals surface area contributed by atoms with Crippen molar-refractivity contribution in [2.24, 2.45) is 0 Å². The summed E-state index contributed by atoms with van der Waals surface area (Å²) >= 11 is 0. The Labute approximate surface area is 81.0 Å². The summed E-state index contributed by atoms with van der Waals surface area (Å²) in [5, 5.41) is 0. The third-order valence-electron chi connectivity index (χ3n) is 1.86. The van der Waals surface area contributed by atoms with Crippen molar-refractivity contribution < 1.29 is 13.2 Å². The minimum Gasteiger partial charge on any atom is -0.260 e. The molecule has 1 rings (SSSR count). The second kappa shape index (κ2) is 3.26. The summed E-state index contributed by atoms with van der Waals surface area (Å²) < 4.78 is 36.5. The lowest BCUT2D eigenvalue weighted by atomic mass is 9.91. The second-order valence-corrected chi connectivity index (χ2v) is 4.18. The SMILES string of the molecule is CC(C)(C)c1ccc(C(F)(F)F)cn1. The topological polar surface area (TPSA) is 12.9 Å². The Morgan fingerprint density at radius 2 is 1.64 bits per heavy atom. The molecule has 0 aromatic carbocycles. The minimum atomic E-state index is -4.30. The maximum atomic E-state index is 12.2. The zero-order valence-electron chi connectivity index (χ0n) is 8.31. The highest BCUT2D eigenvalue weighted by Gasteiger charge is 2.31. The van der Waals surface area contributed by atoms with E-state index < -0.39 is 11.7 Å². The van der Waals surface area contributed by atoms with E-state index in [1.54, 1.807) is 0 Å². The zero-order valence-corrected chi connectivity index (χ0v) is 8.31. The van der Waals surface area contributed by atoms with Crippen LogP contribution in [0.15, 0.2) is 18.3 Å². The monoisotopic (exact) mass is 203 g/mol.